The minimum atomic E-state index is 1.25. The van der Waals surface area contributed by atoms with E-state index in [-0.39, 0.29) is 0 Å². The Hall–Kier alpha value is -0.260. The van der Waals surface area contributed by atoms with Gasteiger partial charge in [0, 0.05) is 0 Å². The molecule has 0 saturated carbocycles. The molecule has 0 aromatic heterocycles. The maximum absolute atomic E-state index is 3.00. The third kappa shape index (κ3) is 116. The van der Waals surface area contributed by atoms with Crippen LogP contribution in [0.1, 0.15) is 53.4 Å². The lowest BCUT2D eigenvalue weighted by Crippen LogP contribution is -1.59. The van der Waals surface area contributed by atoms with Crippen LogP contribution in [-0.2, 0) is 0 Å². The van der Waals surface area contributed by atoms with Gasteiger partial charge in [0.05, 0.1) is 0 Å². The Bertz CT molecular complexity index is 21.2. The molecule has 0 bridgehead atoms. The average Bonchev–Trinajstić information content (AvgIpc) is 1.96. The van der Waals surface area contributed by atoms with E-state index < -0.39 is 0 Å². The predicted molar refractivity (Wildman–Crippen MR) is 52.4 cm³/mol. The van der Waals surface area contributed by atoms with Gasteiger partial charge in [-0.15, -0.1) is 13.2 Å². The average molecular weight is 144 g/mol. The first-order valence-electron chi connectivity index (χ1n) is 4.33. The number of hydrogen-bond donors (Lipinski definition) is 0. The lowest BCUT2D eigenvalue weighted by atomic mass is 10.3. The second-order valence-corrected chi connectivity index (χ2v) is 2.06. The summed E-state index contributed by atoms with van der Waals surface area (Å²) in [6, 6.07) is 0. The molecule has 64 valence electrons. The van der Waals surface area contributed by atoms with Crippen molar-refractivity contribution in [2.24, 2.45) is 0 Å². The van der Waals surface area contributed by atoms with Gasteiger partial charge in [0.15, 0.2) is 0 Å². The van der Waals surface area contributed by atoms with Crippen LogP contribution in [0.3, 0.4) is 0 Å². The van der Waals surface area contributed by atoms with Crippen molar-refractivity contribution in [3.05, 3.63) is 13.2 Å². The molecule has 0 amide bonds. The van der Waals surface area contributed by atoms with Gasteiger partial charge in [-0.2, -0.15) is 0 Å². The summed E-state index contributed by atoms with van der Waals surface area (Å²) < 4.78 is 0. The van der Waals surface area contributed by atoms with Crippen molar-refractivity contribution in [3.8, 4) is 0 Å². The van der Waals surface area contributed by atoms with Gasteiger partial charge in [0.1, 0.15) is 0 Å². The van der Waals surface area contributed by atoms with E-state index in [1.807, 2.05) is 0 Å². The summed E-state index contributed by atoms with van der Waals surface area (Å²) in [7, 11) is 0. The van der Waals surface area contributed by atoms with Gasteiger partial charge in [-0.05, 0) is 0 Å². The zero-order valence-electron chi connectivity index (χ0n) is 8.24. The fraction of sp³-hybridized carbons (Fsp3) is 0.800. The first-order valence-corrected chi connectivity index (χ1v) is 4.33. The van der Waals surface area contributed by atoms with Crippen LogP contribution < -0.4 is 0 Å². The van der Waals surface area contributed by atoms with E-state index in [1.54, 1.807) is 0 Å². The summed E-state index contributed by atoms with van der Waals surface area (Å²) in [5.74, 6) is 0. The third-order valence-corrected chi connectivity index (χ3v) is 0.707. The monoisotopic (exact) mass is 144 g/mol. The highest BCUT2D eigenvalue weighted by molar-refractivity contribution is 4.24. The smallest absolute Gasteiger partial charge is 0.0538 e. The van der Waals surface area contributed by atoms with Crippen molar-refractivity contribution in [2.75, 3.05) is 0 Å². The number of unbranched alkanes of at least 4 members (excludes halogenated alkanes) is 2. The lowest BCUT2D eigenvalue weighted by molar-refractivity contribution is 0.772. The van der Waals surface area contributed by atoms with E-state index in [4.69, 9.17) is 0 Å². The molecule has 0 radical (unpaired) electrons. The molecule has 0 spiro atoms. The van der Waals surface area contributed by atoms with Crippen molar-refractivity contribution in [3.63, 3.8) is 0 Å². The zero-order valence-corrected chi connectivity index (χ0v) is 8.24. The first-order chi connectivity index (χ1) is 4.83. The molecule has 10 heavy (non-hydrogen) atoms. The summed E-state index contributed by atoms with van der Waals surface area (Å²) in [6.07, 6.45) is 5.33. The molecule has 0 atom stereocenters. The molecule has 0 saturated heterocycles. The normalized spacial score (nSPS) is 6.40. The maximum atomic E-state index is 3.00. The van der Waals surface area contributed by atoms with Crippen LogP contribution >= 0.6 is 0 Å². The largest absolute Gasteiger partial charge is 0.106 e. The number of rotatable bonds is 2. The lowest BCUT2D eigenvalue weighted by Gasteiger charge is -1.79. The molecule has 0 unspecified atom stereocenters. The van der Waals surface area contributed by atoms with Gasteiger partial charge in [-0.1, -0.05) is 53.4 Å². The van der Waals surface area contributed by atoms with Crippen LogP contribution in [0.4, 0.5) is 0 Å². The molecule has 0 heteroatoms. The second-order valence-electron chi connectivity index (χ2n) is 2.06. The van der Waals surface area contributed by atoms with Crippen LogP contribution in [0, 0.1) is 0 Å². The van der Waals surface area contributed by atoms with Crippen LogP contribution in [0.25, 0.3) is 0 Å². The highest BCUT2D eigenvalue weighted by Crippen LogP contribution is 1.88. The van der Waals surface area contributed by atoms with Crippen molar-refractivity contribution in [1.29, 1.82) is 0 Å². The molecular formula is C10H24. The maximum Gasteiger partial charge on any atom is -0.0538 e. The molecule has 0 aliphatic heterocycles. The van der Waals surface area contributed by atoms with Crippen LogP contribution in [0.15, 0.2) is 13.2 Å². The van der Waals surface area contributed by atoms with E-state index in [0.717, 1.165) is 0 Å². The van der Waals surface area contributed by atoms with E-state index >= 15 is 0 Å². The highest BCUT2D eigenvalue weighted by atomic mass is 13.7. The fourth-order valence-electron chi connectivity index (χ4n) is 0.354. The van der Waals surface area contributed by atoms with Crippen molar-refractivity contribution < 1.29 is 0 Å². The Morgan fingerprint density at radius 3 is 1.00 bits per heavy atom. The van der Waals surface area contributed by atoms with Crippen LogP contribution in [-0.4, -0.2) is 0 Å². The molecule has 0 aromatic carbocycles. The van der Waals surface area contributed by atoms with E-state index in [0.29, 0.717) is 0 Å². The van der Waals surface area contributed by atoms with Crippen molar-refractivity contribution in [2.45, 2.75) is 53.4 Å². The van der Waals surface area contributed by atoms with Gasteiger partial charge >= 0.3 is 0 Å². The summed E-state index contributed by atoms with van der Waals surface area (Å²) in [4.78, 5) is 0. The Morgan fingerprint density at radius 1 is 0.800 bits per heavy atom. The summed E-state index contributed by atoms with van der Waals surface area (Å²) in [6.45, 7) is 14.7. The number of hydrogen-bond acceptors (Lipinski definition) is 0. The Labute approximate surface area is 67.3 Å². The summed E-state index contributed by atoms with van der Waals surface area (Å²) in [5, 5.41) is 0. The quantitative estimate of drug-likeness (QED) is 0.503. The molecule has 0 heterocycles. The molecule has 0 aliphatic carbocycles. The van der Waals surface area contributed by atoms with Gasteiger partial charge in [-0.3, -0.25) is 0 Å². The van der Waals surface area contributed by atoms with Gasteiger partial charge < -0.3 is 0 Å². The summed E-state index contributed by atoms with van der Waals surface area (Å²) in [5.41, 5.74) is 0. The van der Waals surface area contributed by atoms with Crippen LogP contribution in [0.2, 0.25) is 0 Å². The predicted octanol–water partition coefficient (Wildman–Crippen LogP) is 4.42. The molecular weight excluding hydrogens is 120 g/mol. The summed E-state index contributed by atoms with van der Waals surface area (Å²) >= 11 is 0. The highest BCUT2D eigenvalue weighted by Gasteiger charge is 1.68. The molecule has 0 nitrogen and oxygen atoms in total. The molecule has 0 aromatic rings. The molecule has 0 fully saturated rings. The van der Waals surface area contributed by atoms with Crippen molar-refractivity contribution >= 4 is 0 Å². The Morgan fingerprint density at radius 2 is 1.00 bits per heavy atom. The van der Waals surface area contributed by atoms with Crippen molar-refractivity contribution in [1.82, 2.24) is 0 Å². The minimum absolute atomic E-state index is 1.25. The Balaban J connectivity index is -0.0000000847. The fourth-order valence-corrected chi connectivity index (χ4v) is 0.354. The third-order valence-electron chi connectivity index (χ3n) is 0.707. The van der Waals surface area contributed by atoms with Gasteiger partial charge in [-0.25, -0.2) is 0 Å². The van der Waals surface area contributed by atoms with Gasteiger partial charge in [0.25, 0.3) is 0 Å². The van der Waals surface area contributed by atoms with E-state index in [2.05, 4.69) is 40.9 Å². The first kappa shape index (κ1) is 16.4. The van der Waals surface area contributed by atoms with Gasteiger partial charge in [0.2, 0.25) is 0 Å². The molecule has 0 rings (SSSR count). The van der Waals surface area contributed by atoms with E-state index in [9.17, 15) is 0 Å². The topological polar surface area (TPSA) is 0 Å². The zero-order chi connectivity index (χ0) is 8.83. The second kappa shape index (κ2) is 37.4. The SMILES string of the molecule is C=C.CCC.CCCCC. The van der Waals surface area contributed by atoms with E-state index in [1.165, 1.54) is 25.7 Å². The van der Waals surface area contributed by atoms with Crippen LogP contribution in [0.5, 0.6) is 0 Å². The standard InChI is InChI=1S/C5H12.C3H8.C2H4/c1-3-5-4-2;1-3-2;1-2/h3-5H2,1-2H3;3H2,1-2H3;1-2H2. The Kier molecular flexibility index (Phi) is 61.3. The minimum Gasteiger partial charge on any atom is -0.106 e. The molecule has 0 aliphatic rings. The molecule has 0 N–H and O–H groups in total.